The molecule has 158 valence electrons. The topological polar surface area (TPSA) is 76.0 Å². The van der Waals surface area contributed by atoms with Crippen LogP contribution in [0.25, 0.3) is 21.5 Å². The van der Waals surface area contributed by atoms with Gasteiger partial charge in [0, 0.05) is 16.5 Å². The van der Waals surface area contributed by atoms with Gasteiger partial charge in [-0.2, -0.15) is 0 Å². The van der Waals surface area contributed by atoms with Gasteiger partial charge in [0.15, 0.2) is 5.60 Å². The van der Waals surface area contributed by atoms with E-state index in [-0.39, 0.29) is 11.5 Å². The van der Waals surface area contributed by atoms with E-state index >= 15 is 0 Å². The number of phenols is 2. The molecule has 5 heteroatoms. The summed E-state index contributed by atoms with van der Waals surface area (Å²) in [5.41, 5.74) is 1.37. The molecule has 0 radical (unpaired) electrons. The molecule has 0 fully saturated rings. The monoisotopic (exact) mass is 432 g/mol. The summed E-state index contributed by atoms with van der Waals surface area (Å²) in [6, 6.07) is 25.2. The van der Waals surface area contributed by atoms with Crippen LogP contribution in [0, 0.1) is 0 Å². The van der Waals surface area contributed by atoms with Crippen molar-refractivity contribution in [2.45, 2.75) is 5.60 Å². The number of phenolic OH excluding ortho intramolecular Hbond substituents is 2. The quantitative estimate of drug-likeness (QED) is 0.295. The molecule has 0 bridgehead atoms. The lowest BCUT2D eigenvalue weighted by Crippen LogP contribution is -2.33. The van der Waals surface area contributed by atoms with Gasteiger partial charge in [0.05, 0.1) is 11.1 Å². The van der Waals surface area contributed by atoms with E-state index in [9.17, 15) is 15.0 Å². The molecule has 0 amide bonds. The Kier molecular flexibility index (Phi) is 3.32. The predicted molar refractivity (Wildman–Crippen MR) is 123 cm³/mol. The third kappa shape index (κ3) is 2.23. The van der Waals surface area contributed by atoms with Gasteiger partial charge in [0.2, 0.25) is 0 Å². The third-order valence-corrected chi connectivity index (χ3v) is 6.64. The summed E-state index contributed by atoms with van der Waals surface area (Å²) in [5.74, 6) is 0.984. The Labute approximate surface area is 188 Å². The van der Waals surface area contributed by atoms with Crippen molar-refractivity contribution in [3.8, 4) is 23.0 Å². The van der Waals surface area contributed by atoms with Crippen LogP contribution in [-0.4, -0.2) is 16.2 Å². The standard InChI is InChI=1S/C28H16O5/c29-17-9-10-19-16(13-17)6-11-23-26(19)32-24-12-7-15-5-8-18(30)14-21(15)25(24)28(23)22-4-2-1-3-20(22)27(31)33-28/h1-14,29-30H. The molecule has 5 nitrogen and oxygen atoms in total. The van der Waals surface area contributed by atoms with Crippen molar-refractivity contribution in [2.75, 3.05) is 0 Å². The van der Waals surface area contributed by atoms with Crippen LogP contribution in [-0.2, 0) is 10.3 Å². The molecule has 5 aromatic carbocycles. The zero-order chi connectivity index (χ0) is 22.3. The Morgan fingerprint density at radius 3 is 2.36 bits per heavy atom. The lowest BCUT2D eigenvalue weighted by Gasteiger charge is -2.37. The van der Waals surface area contributed by atoms with Gasteiger partial charge in [-0.1, -0.05) is 36.4 Å². The number of benzene rings is 5. The average Bonchev–Trinajstić information content (AvgIpc) is 3.11. The van der Waals surface area contributed by atoms with Crippen LogP contribution in [0.15, 0.2) is 84.9 Å². The summed E-state index contributed by atoms with van der Waals surface area (Å²) < 4.78 is 12.7. The maximum atomic E-state index is 13.1. The van der Waals surface area contributed by atoms with Gasteiger partial charge in [-0.3, -0.25) is 0 Å². The Morgan fingerprint density at radius 2 is 1.45 bits per heavy atom. The molecule has 1 spiro atoms. The third-order valence-electron chi connectivity index (χ3n) is 6.64. The fraction of sp³-hybridized carbons (Fsp3) is 0.0357. The Morgan fingerprint density at radius 1 is 0.697 bits per heavy atom. The van der Waals surface area contributed by atoms with Gasteiger partial charge in [-0.25, -0.2) is 4.79 Å². The lowest BCUT2D eigenvalue weighted by atomic mass is 9.75. The van der Waals surface area contributed by atoms with Crippen LogP contribution >= 0.6 is 0 Å². The van der Waals surface area contributed by atoms with Crippen molar-refractivity contribution in [1.82, 2.24) is 0 Å². The first-order chi connectivity index (χ1) is 16.1. The first kappa shape index (κ1) is 18.1. The number of hydrogen-bond acceptors (Lipinski definition) is 5. The van der Waals surface area contributed by atoms with E-state index in [4.69, 9.17) is 9.47 Å². The van der Waals surface area contributed by atoms with Crippen molar-refractivity contribution in [1.29, 1.82) is 0 Å². The highest BCUT2D eigenvalue weighted by molar-refractivity contribution is 6.02. The van der Waals surface area contributed by atoms with Gasteiger partial charge in [0.1, 0.15) is 23.0 Å². The molecule has 2 heterocycles. The summed E-state index contributed by atoms with van der Waals surface area (Å²) >= 11 is 0. The second-order valence-electron chi connectivity index (χ2n) is 8.41. The number of aromatic hydroxyl groups is 2. The van der Waals surface area contributed by atoms with Gasteiger partial charge >= 0.3 is 5.97 Å². The minimum Gasteiger partial charge on any atom is -0.508 e. The van der Waals surface area contributed by atoms with Crippen molar-refractivity contribution >= 4 is 27.5 Å². The Balaban J connectivity index is 1.68. The van der Waals surface area contributed by atoms with Crippen molar-refractivity contribution in [2.24, 2.45) is 0 Å². The minimum atomic E-state index is -1.24. The summed E-state index contributed by atoms with van der Waals surface area (Å²) in [4.78, 5) is 13.1. The highest BCUT2D eigenvalue weighted by Crippen LogP contribution is 2.59. The molecule has 2 N–H and O–H groups in total. The van der Waals surface area contributed by atoms with E-state index in [1.165, 1.54) is 0 Å². The summed E-state index contributed by atoms with van der Waals surface area (Å²) in [6.07, 6.45) is 0. The fourth-order valence-corrected chi connectivity index (χ4v) is 5.26. The fourth-order valence-electron chi connectivity index (χ4n) is 5.26. The summed E-state index contributed by atoms with van der Waals surface area (Å²) in [6.45, 7) is 0. The van der Waals surface area contributed by atoms with Gasteiger partial charge in [-0.05, 0) is 64.7 Å². The molecule has 7 rings (SSSR count). The molecule has 0 saturated carbocycles. The number of carbonyl (C=O) groups is 1. The smallest absolute Gasteiger partial charge is 0.340 e. The van der Waals surface area contributed by atoms with Crippen LogP contribution in [0.5, 0.6) is 23.0 Å². The molecular formula is C28H16O5. The van der Waals surface area contributed by atoms with Gasteiger partial charge in [-0.15, -0.1) is 0 Å². The molecular weight excluding hydrogens is 416 g/mol. The highest BCUT2D eigenvalue weighted by atomic mass is 16.6. The number of esters is 1. The van der Waals surface area contributed by atoms with Crippen LogP contribution in [0.2, 0.25) is 0 Å². The van der Waals surface area contributed by atoms with Crippen LogP contribution < -0.4 is 4.74 Å². The molecule has 0 saturated heterocycles. The molecule has 0 aliphatic carbocycles. The number of fused-ring (bicyclic) bond motifs is 10. The predicted octanol–water partition coefficient (Wildman–Crippen LogP) is 5.97. The number of ether oxygens (including phenoxy) is 2. The minimum absolute atomic E-state index is 0.114. The SMILES string of the molecule is O=C1OC2(c3ccccc31)c1ccc3cc(O)ccc3c1Oc1ccc3ccc(O)cc3c12. The molecule has 1 unspecified atom stereocenters. The highest BCUT2D eigenvalue weighted by Gasteiger charge is 2.54. The first-order valence-electron chi connectivity index (χ1n) is 10.6. The van der Waals surface area contributed by atoms with Crippen molar-refractivity contribution in [3.05, 3.63) is 107 Å². The molecule has 33 heavy (non-hydrogen) atoms. The normalized spacial score (nSPS) is 18.0. The first-order valence-corrected chi connectivity index (χ1v) is 10.6. The Hall–Kier alpha value is -4.51. The molecule has 0 aromatic heterocycles. The van der Waals surface area contributed by atoms with Crippen LogP contribution in [0.1, 0.15) is 27.0 Å². The Bertz CT molecular complexity index is 1670. The van der Waals surface area contributed by atoms with E-state index in [0.29, 0.717) is 28.2 Å². The largest absolute Gasteiger partial charge is 0.508 e. The van der Waals surface area contributed by atoms with Crippen molar-refractivity contribution in [3.63, 3.8) is 0 Å². The zero-order valence-electron chi connectivity index (χ0n) is 17.2. The summed E-state index contributed by atoms with van der Waals surface area (Å²) in [5, 5.41) is 23.5. The molecule has 1 atom stereocenters. The van der Waals surface area contributed by atoms with E-state index in [1.807, 2.05) is 48.5 Å². The molecule has 2 aliphatic rings. The van der Waals surface area contributed by atoms with E-state index in [1.54, 1.807) is 36.4 Å². The number of rotatable bonds is 0. The summed E-state index contributed by atoms with van der Waals surface area (Å²) in [7, 11) is 0. The second-order valence-corrected chi connectivity index (χ2v) is 8.41. The van der Waals surface area contributed by atoms with E-state index in [2.05, 4.69) is 0 Å². The number of hydrogen-bond donors (Lipinski definition) is 2. The molecule has 5 aromatic rings. The van der Waals surface area contributed by atoms with Crippen LogP contribution in [0.4, 0.5) is 0 Å². The van der Waals surface area contributed by atoms with Gasteiger partial charge < -0.3 is 19.7 Å². The zero-order valence-corrected chi connectivity index (χ0v) is 17.2. The number of carbonyl (C=O) groups excluding carboxylic acids is 1. The maximum absolute atomic E-state index is 13.1. The van der Waals surface area contributed by atoms with Crippen molar-refractivity contribution < 1.29 is 24.5 Å². The molecule has 2 aliphatic heterocycles. The van der Waals surface area contributed by atoms with Crippen LogP contribution in [0.3, 0.4) is 0 Å². The second kappa shape index (κ2) is 6.04. The lowest BCUT2D eigenvalue weighted by molar-refractivity contribution is 0.0230. The van der Waals surface area contributed by atoms with E-state index in [0.717, 1.165) is 27.1 Å². The maximum Gasteiger partial charge on any atom is 0.340 e. The average molecular weight is 432 g/mol. The van der Waals surface area contributed by atoms with E-state index < -0.39 is 11.6 Å². The van der Waals surface area contributed by atoms with Gasteiger partial charge in [0.25, 0.3) is 0 Å².